The van der Waals surface area contributed by atoms with E-state index in [1.165, 1.54) is 4.90 Å². The molecule has 1 rings (SSSR count). The quantitative estimate of drug-likeness (QED) is 0.606. The molecule has 0 saturated carbocycles. The molecule has 0 spiro atoms. The summed E-state index contributed by atoms with van der Waals surface area (Å²) in [5.41, 5.74) is 0.841. The Balaban J connectivity index is 2.65. The van der Waals surface area contributed by atoms with E-state index in [0.29, 0.717) is 0 Å². The van der Waals surface area contributed by atoms with E-state index in [-0.39, 0.29) is 6.61 Å². The maximum absolute atomic E-state index is 11.7. The molecule has 0 aliphatic heterocycles. The molecular formula is C11H15ClNO6P. The van der Waals surface area contributed by atoms with Gasteiger partial charge in [0.25, 0.3) is 0 Å². The smallest absolute Gasteiger partial charge is 0.367 e. The molecule has 1 N–H and O–H groups in total. The SMILES string of the molecule is CN(C)C(OCc1ccccc1)C(=O)OP(=O)(O)OCl. The largest absolute Gasteiger partial charge is 0.546 e. The van der Waals surface area contributed by atoms with Crippen LogP contribution in [0.5, 0.6) is 0 Å². The summed E-state index contributed by atoms with van der Waals surface area (Å²) in [6, 6.07) is 9.13. The van der Waals surface area contributed by atoms with Crippen molar-refractivity contribution in [1.29, 1.82) is 0 Å². The third-order valence-electron chi connectivity index (χ3n) is 2.21. The zero-order valence-electron chi connectivity index (χ0n) is 10.9. The first kappa shape index (κ1) is 17.1. The maximum Gasteiger partial charge on any atom is 0.546 e. The van der Waals surface area contributed by atoms with Gasteiger partial charge in [0.1, 0.15) is 0 Å². The van der Waals surface area contributed by atoms with Crippen molar-refractivity contribution in [1.82, 2.24) is 4.90 Å². The predicted molar refractivity (Wildman–Crippen MR) is 71.6 cm³/mol. The van der Waals surface area contributed by atoms with Gasteiger partial charge in [-0.25, -0.2) is 9.36 Å². The molecule has 0 saturated heterocycles. The van der Waals surface area contributed by atoms with Gasteiger partial charge in [-0.2, -0.15) is 4.08 Å². The highest BCUT2D eigenvalue weighted by atomic mass is 35.5. The van der Waals surface area contributed by atoms with Crippen LogP contribution in [0.4, 0.5) is 0 Å². The van der Waals surface area contributed by atoms with Crippen molar-refractivity contribution in [2.75, 3.05) is 14.1 Å². The van der Waals surface area contributed by atoms with Crippen molar-refractivity contribution < 1.29 is 27.6 Å². The normalized spacial score (nSPS) is 15.7. The standard InChI is InChI=1S/C11H15ClNO6P/c1-13(2)10(11(14)18-20(15,16)19-12)17-8-9-6-4-3-5-7-9/h3-7,10H,8H2,1-2H3,(H,15,16). The zero-order chi connectivity index (χ0) is 15.2. The number of hydrogen-bond donors (Lipinski definition) is 1. The lowest BCUT2D eigenvalue weighted by Gasteiger charge is -2.23. The summed E-state index contributed by atoms with van der Waals surface area (Å²) < 4.78 is 24.4. The molecule has 0 aromatic heterocycles. The molecule has 2 unspecified atom stereocenters. The molecular weight excluding hydrogens is 309 g/mol. The molecule has 0 radical (unpaired) electrons. The number of hydrogen-bond acceptors (Lipinski definition) is 6. The Morgan fingerprint density at radius 1 is 1.40 bits per heavy atom. The van der Waals surface area contributed by atoms with Crippen molar-refractivity contribution in [3.8, 4) is 0 Å². The van der Waals surface area contributed by atoms with Gasteiger partial charge in [-0.3, -0.25) is 9.79 Å². The van der Waals surface area contributed by atoms with E-state index in [4.69, 9.17) is 21.5 Å². The van der Waals surface area contributed by atoms with E-state index >= 15 is 0 Å². The monoisotopic (exact) mass is 323 g/mol. The summed E-state index contributed by atoms with van der Waals surface area (Å²) in [5.74, 6) is -1.07. The number of phosphoric acid groups is 1. The number of rotatable bonds is 7. The van der Waals surface area contributed by atoms with Crippen LogP contribution >= 0.6 is 19.7 Å². The van der Waals surface area contributed by atoms with Crippen LogP contribution in [0.2, 0.25) is 0 Å². The minimum absolute atomic E-state index is 0.135. The van der Waals surface area contributed by atoms with Crippen molar-refractivity contribution in [2.24, 2.45) is 0 Å². The van der Waals surface area contributed by atoms with Gasteiger partial charge in [0, 0.05) is 0 Å². The van der Waals surface area contributed by atoms with Gasteiger partial charge >= 0.3 is 13.8 Å². The molecule has 2 atom stereocenters. The van der Waals surface area contributed by atoms with Crippen molar-refractivity contribution in [2.45, 2.75) is 12.8 Å². The first-order valence-electron chi connectivity index (χ1n) is 5.54. The molecule has 0 aliphatic rings. The highest BCUT2D eigenvalue weighted by Crippen LogP contribution is 2.45. The second-order valence-electron chi connectivity index (χ2n) is 4.06. The van der Waals surface area contributed by atoms with Crippen LogP contribution < -0.4 is 0 Å². The van der Waals surface area contributed by atoms with Crippen LogP contribution in [0.1, 0.15) is 5.56 Å². The van der Waals surface area contributed by atoms with Gasteiger partial charge in [-0.1, -0.05) is 30.3 Å². The lowest BCUT2D eigenvalue weighted by molar-refractivity contribution is -0.161. The molecule has 112 valence electrons. The van der Waals surface area contributed by atoms with Gasteiger partial charge < -0.3 is 9.26 Å². The zero-order valence-corrected chi connectivity index (χ0v) is 12.6. The summed E-state index contributed by atoms with van der Waals surface area (Å²) in [6.45, 7) is 0.135. The fourth-order valence-electron chi connectivity index (χ4n) is 1.35. The highest BCUT2D eigenvalue weighted by Gasteiger charge is 2.32. The topological polar surface area (TPSA) is 85.3 Å². The third-order valence-corrected chi connectivity index (χ3v) is 3.32. The van der Waals surface area contributed by atoms with Gasteiger partial charge in [-0.05, 0) is 19.7 Å². The number of nitrogens with zero attached hydrogens (tertiary/aromatic N) is 1. The first-order chi connectivity index (χ1) is 9.35. The summed E-state index contributed by atoms with van der Waals surface area (Å²) in [4.78, 5) is 22.1. The molecule has 1 aromatic rings. The molecule has 0 bridgehead atoms. The Labute approximate surface area is 121 Å². The van der Waals surface area contributed by atoms with E-state index in [0.717, 1.165) is 5.56 Å². The summed E-state index contributed by atoms with van der Waals surface area (Å²) in [5, 5.41) is 0. The lowest BCUT2D eigenvalue weighted by atomic mass is 10.2. The van der Waals surface area contributed by atoms with E-state index < -0.39 is 20.0 Å². The average Bonchev–Trinajstić information content (AvgIpc) is 2.39. The van der Waals surface area contributed by atoms with Gasteiger partial charge in [-0.15, -0.1) is 0 Å². The van der Waals surface area contributed by atoms with Crippen LogP contribution in [0.15, 0.2) is 30.3 Å². The summed E-state index contributed by atoms with van der Waals surface area (Å²) in [7, 11) is -1.50. The Morgan fingerprint density at radius 3 is 2.50 bits per heavy atom. The number of likely N-dealkylation sites (N-methyl/N-ethyl adjacent to an activating group) is 1. The van der Waals surface area contributed by atoms with Crippen LogP contribution in [0.25, 0.3) is 0 Å². The molecule has 1 aromatic carbocycles. The molecule has 7 nitrogen and oxygen atoms in total. The van der Waals surface area contributed by atoms with E-state index in [1.807, 2.05) is 30.3 Å². The molecule has 9 heteroatoms. The van der Waals surface area contributed by atoms with Crippen molar-refractivity contribution in [3.63, 3.8) is 0 Å². The van der Waals surface area contributed by atoms with Gasteiger partial charge in [0.05, 0.1) is 18.5 Å². The van der Waals surface area contributed by atoms with Crippen LogP contribution in [-0.4, -0.2) is 36.1 Å². The summed E-state index contributed by atoms with van der Waals surface area (Å²) >= 11 is 4.75. The number of benzene rings is 1. The van der Waals surface area contributed by atoms with Crippen LogP contribution in [-0.2, 0) is 29.3 Å². The number of carbonyl (C=O) groups excluding carboxylic acids is 1. The molecule has 0 heterocycles. The second-order valence-corrected chi connectivity index (χ2v) is 5.73. The highest BCUT2D eigenvalue weighted by molar-refractivity contribution is 7.49. The Bertz CT molecular complexity index is 483. The van der Waals surface area contributed by atoms with Gasteiger partial charge in [0.15, 0.2) is 0 Å². The number of ether oxygens (including phenoxy) is 1. The number of carbonyl (C=O) groups is 1. The maximum atomic E-state index is 11.7. The van der Waals surface area contributed by atoms with E-state index in [9.17, 15) is 9.36 Å². The minimum atomic E-state index is -4.61. The van der Waals surface area contributed by atoms with E-state index in [1.54, 1.807) is 14.1 Å². The van der Waals surface area contributed by atoms with Crippen molar-refractivity contribution in [3.05, 3.63) is 35.9 Å². The van der Waals surface area contributed by atoms with Crippen LogP contribution in [0, 0.1) is 0 Å². The lowest BCUT2D eigenvalue weighted by Crippen LogP contribution is -2.39. The predicted octanol–water partition coefficient (Wildman–Crippen LogP) is 1.90. The second kappa shape index (κ2) is 7.73. The van der Waals surface area contributed by atoms with E-state index in [2.05, 4.69) is 8.60 Å². The molecule has 0 amide bonds. The number of phosphoric ester groups is 1. The molecule has 0 fully saturated rings. The molecule has 20 heavy (non-hydrogen) atoms. The number of halogens is 1. The Hall–Kier alpha value is -0.950. The summed E-state index contributed by atoms with van der Waals surface area (Å²) in [6.07, 6.45) is -1.16. The molecule has 0 aliphatic carbocycles. The average molecular weight is 324 g/mol. The van der Waals surface area contributed by atoms with Crippen molar-refractivity contribution >= 4 is 25.7 Å². The fourth-order valence-corrected chi connectivity index (χ4v) is 1.78. The Kier molecular flexibility index (Phi) is 6.61. The third kappa shape index (κ3) is 5.58. The Morgan fingerprint density at radius 2 is 2.00 bits per heavy atom. The first-order valence-corrected chi connectivity index (χ1v) is 7.34. The fraction of sp³-hybridized carbons (Fsp3) is 0.364. The van der Waals surface area contributed by atoms with Crippen LogP contribution in [0.3, 0.4) is 0 Å². The minimum Gasteiger partial charge on any atom is -0.367 e. The van der Waals surface area contributed by atoms with Gasteiger partial charge in [0.2, 0.25) is 6.23 Å².